The van der Waals surface area contributed by atoms with Gasteiger partial charge < -0.3 is 10.2 Å². The van der Waals surface area contributed by atoms with Gasteiger partial charge in [-0.15, -0.1) is 0 Å². The maximum absolute atomic E-state index is 12.7. The van der Waals surface area contributed by atoms with Gasteiger partial charge in [0.25, 0.3) is 0 Å². The Morgan fingerprint density at radius 3 is 2.79 bits per heavy atom. The predicted octanol–water partition coefficient (Wildman–Crippen LogP) is 1.94. The van der Waals surface area contributed by atoms with Gasteiger partial charge in [0.15, 0.2) is 0 Å². The van der Waals surface area contributed by atoms with Crippen molar-refractivity contribution in [2.75, 3.05) is 6.54 Å². The molecule has 1 saturated carbocycles. The van der Waals surface area contributed by atoms with Crippen molar-refractivity contribution < 1.29 is 9.59 Å². The second kappa shape index (κ2) is 4.34. The second-order valence-electron chi connectivity index (χ2n) is 5.69. The van der Waals surface area contributed by atoms with E-state index in [0.29, 0.717) is 5.92 Å². The number of nitrogens with zero attached hydrogens (tertiary/aromatic N) is 1. The summed E-state index contributed by atoms with van der Waals surface area (Å²) < 4.78 is 0. The molecule has 1 saturated heterocycles. The molecule has 2 heterocycles. The largest absolute Gasteiger partial charge is 0.340 e. The third-order valence-corrected chi connectivity index (χ3v) is 5.01. The van der Waals surface area contributed by atoms with Gasteiger partial charge >= 0.3 is 0 Å². The fraction of sp³-hybridized carbons (Fsp3) is 0.571. The summed E-state index contributed by atoms with van der Waals surface area (Å²) in [5.41, 5.74) is 0.408. The Kier molecular flexibility index (Phi) is 2.89. The summed E-state index contributed by atoms with van der Waals surface area (Å²) >= 11 is 1.61. The quantitative estimate of drug-likeness (QED) is 0.918. The van der Waals surface area contributed by atoms with Crippen molar-refractivity contribution in [3.8, 4) is 0 Å². The van der Waals surface area contributed by atoms with E-state index in [0.717, 1.165) is 18.4 Å². The van der Waals surface area contributed by atoms with Gasteiger partial charge in [-0.1, -0.05) is 0 Å². The van der Waals surface area contributed by atoms with E-state index in [2.05, 4.69) is 5.32 Å². The lowest BCUT2D eigenvalue weighted by atomic mass is 9.90. The number of hydrogen-bond donors (Lipinski definition) is 1. The molecule has 0 spiro atoms. The van der Waals surface area contributed by atoms with Gasteiger partial charge in [-0.2, -0.15) is 11.3 Å². The standard InChI is InChI=1S/C14H18N2O2S/c1-9(10-5-6-19-8-10)16-7-12(17)15-14(2,13(16)18)11-3-4-11/h5-6,8-9,11H,3-4,7H2,1-2H3,(H,15,17). The van der Waals surface area contributed by atoms with Gasteiger partial charge in [0.2, 0.25) is 11.8 Å². The third-order valence-electron chi connectivity index (χ3n) is 4.31. The van der Waals surface area contributed by atoms with Crippen LogP contribution in [0.25, 0.3) is 0 Å². The normalized spacial score (nSPS) is 29.3. The minimum Gasteiger partial charge on any atom is -0.340 e. The number of piperazine rings is 1. The fourth-order valence-corrected chi connectivity index (χ4v) is 3.60. The lowest BCUT2D eigenvalue weighted by Crippen LogP contribution is -2.66. The summed E-state index contributed by atoms with van der Waals surface area (Å²) in [6.07, 6.45) is 2.06. The minimum atomic E-state index is -0.695. The number of hydrogen-bond acceptors (Lipinski definition) is 3. The van der Waals surface area contributed by atoms with Gasteiger partial charge in [0.05, 0.1) is 6.04 Å². The van der Waals surface area contributed by atoms with Crippen molar-refractivity contribution in [3.63, 3.8) is 0 Å². The van der Waals surface area contributed by atoms with Crippen molar-refractivity contribution in [3.05, 3.63) is 22.4 Å². The SMILES string of the molecule is CC(c1ccsc1)N1CC(=O)NC(C)(C2CC2)C1=O. The molecule has 2 amide bonds. The van der Waals surface area contributed by atoms with Crippen LogP contribution in [0.2, 0.25) is 0 Å². The topological polar surface area (TPSA) is 49.4 Å². The Labute approximate surface area is 116 Å². The van der Waals surface area contributed by atoms with E-state index in [1.54, 1.807) is 16.2 Å². The number of nitrogens with one attached hydrogen (secondary N) is 1. The molecule has 1 aromatic rings. The zero-order chi connectivity index (χ0) is 13.6. The molecule has 1 N–H and O–H groups in total. The molecule has 1 aliphatic heterocycles. The van der Waals surface area contributed by atoms with E-state index < -0.39 is 5.54 Å². The zero-order valence-electron chi connectivity index (χ0n) is 11.2. The molecule has 4 nitrogen and oxygen atoms in total. The molecule has 2 aliphatic rings. The number of thiophene rings is 1. The monoisotopic (exact) mass is 278 g/mol. The van der Waals surface area contributed by atoms with Crippen molar-refractivity contribution in [2.24, 2.45) is 5.92 Å². The summed E-state index contributed by atoms with van der Waals surface area (Å²) in [5.74, 6) is 0.325. The predicted molar refractivity (Wildman–Crippen MR) is 73.7 cm³/mol. The average Bonchev–Trinajstić information content (AvgIpc) is 3.10. The van der Waals surface area contributed by atoms with E-state index >= 15 is 0 Å². The van der Waals surface area contributed by atoms with Crippen LogP contribution < -0.4 is 5.32 Å². The van der Waals surface area contributed by atoms with Crippen LogP contribution in [0.1, 0.15) is 38.3 Å². The average molecular weight is 278 g/mol. The molecule has 3 rings (SSSR count). The smallest absolute Gasteiger partial charge is 0.249 e. The Morgan fingerprint density at radius 2 is 2.21 bits per heavy atom. The van der Waals surface area contributed by atoms with Gasteiger partial charge in [-0.05, 0) is 55.0 Å². The van der Waals surface area contributed by atoms with Gasteiger partial charge in [0.1, 0.15) is 12.1 Å². The number of rotatable bonds is 3. The molecule has 1 aromatic heterocycles. The Morgan fingerprint density at radius 1 is 1.47 bits per heavy atom. The number of carbonyl (C=O) groups excluding carboxylic acids is 2. The Bertz CT molecular complexity index is 510. The molecule has 0 radical (unpaired) electrons. The number of amides is 2. The van der Waals surface area contributed by atoms with Crippen LogP contribution in [0.3, 0.4) is 0 Å². The molecule has 2 fully saturated rings. The van der Waals surface area contributed by atoms with Crippen LogP contribution in [-0.2, 0) is 9.59 Å². The highest BCUT2D eigenvalue weighted by atomic mass is 32.1. The minimum absolute atomic E-state index is 0.0390. The summed E-state index contributed by atoms with van der Waals surface area (Å²) in [5, 5.41) is 6.95. The Hall–Kier alpha value is -1.36. The molecular formula is C14H18N2O2S. The van der Waals surface area contributed by atoms with E-state index in [1.807, 2.05) is 30.7 Å². The van der Waals surface area contributed by atoms with E-state index in [1.165, 1.54) is 0 Å². The molecule has 5 heteroatoms. The molecule has 0 bridgehead atoms. The first-order valence-corrected chi connectivity index (χ1v) is 7.61. The van der Waals surface area contributed by atoms with Gasteiger partial charge in [-0.3, -0.25) is 9.59 Å². The molecule has 102 valence electrons. The maximum atomic E-state index is 12.7. The van der Waals surface area contributed by atoms with Crippen molar-refractivity contribution >= 4 is 23.2 Å². The molecule has 2 atom stereocenters. The zero-order valence-corrected chi connectivity index (χ0v) is 12.0. The first-order valence-electron chi connectivity index (χ1n) is 6.66. The fourth-order valence-electron chi connectivity index (χ4n) is 2.85. The van der Waals surface area contributed by atoms with Crippen molar-refractivity contribution in [2.45, 2.75) is 38.3 Å². The lowest BCUT2D eigenvalue weighted by molar-refractivity contribution is -0.152. The van der Waals surface area contributed by atoms with Gasteiger partial charge in [0, 0.05) is 0 Å². The second-order valence-corrected chi connectivity index (χ2v) is 6.47. The van der Waals surface area contributed by atoms with Crippen LogP contribution in [-0.4, -0.2) is 28.8 Å². The van der Waals surface area contributed by atoms with E-state index in [4.69, 9.17) is 0 Å². The Balaban J connectivity index is 1.88. The van der Waals surface area contributed by atoms with Crippen LogP contribution in [0.5, 0.6) is 0 Å². The van der Waals surface area contributed by atoms with Crippen molar-refractivity contribution in [1.29, 1.82) is 0 Å². The van der Waals surface area contributed by atoms with E-state index in [-0.39, 0.29) is 24.4 Å². The summed E-state index contributed by atoms with van der Waals surface area (Å²) in [4.78, 5) is 26.4. The molecule has 19 heavy (non-hydrogen) atoms. The first kappa shape index (κ1) is 12.7. The van der Waals surface area contributed by atoms with Crippen molar-refractivity contribution in [1.82, 2.24) is 10.2 Å². The molecule has 2 unspecified atom stereocenters. The third kappa shape index (κ3) is 2.06. The molecular weight excluding hydrogens is 260 g/mol. The van der Waals surface area contributed by atoms with Crippen LogP contribution in [0.15, 0.2) is 16.8 Å². The summed E-state index contributed by atoms with van der Waals surface area (Å²) in [7, 11) is 0. The van der Waals surface area contributed by atoms with Crippen LogP contribution in [0.4, 0.5) is 0 Å². The van der Waals surface area contributed by atoms with Gasteiger partial charge in [-0.25, -0.2) is 0 Å². The molecule has 1 aliphatic carbocycles. The highest BCUT2D eigenvalue weighted by Gasteiger charge is 2.53. The summed E-state index contributed by atoms with van der Waals surface area (Å²) in [6.45, 7) is 4.03. The highest BCUT2D eigenvalue weighted by molar-refractivity contribution is 7.07. The maximum Gasteiger partial charge on any atom is 0.249 e. The van der Waals surface area contributed by atoms with Crippen LogP contribution >= 0.6 is 11.3 Å². The van der Waals surface area contributed by atoms with Crippen LogP contribution in [0, 0.1) is 5.92 Å². The van der Waals surface area contributed by atoms with E-state index in [9.17, 15) is 9.59 Å². The number of carbonyl (C=O) groups is 2. The highest BCUT2D eigenvalue weighted by Crippen LogP contribution is 2.42. The molecule has 0 aromatic carbocycles. The first-order chi connectivity index (χ1) is 9.02. The lowest BCUT2D eigenvalue weighted by Gasteiger charge is -2.42. The summed E-state index contributed by atoms with van der Waals surface area (Å²) in [6, 6.07) is 1.98.